The smallest absolute Gasteiger partial charge is 0.229 e. The number of nitrogen functional groups attached to an aromatic ring is 1. The van der Waals surface area contributed by atoms with Crippen LogP contribution in [-0.2, 0) is 6.42 Å². The molecule has 0 amide bonds. The van der Waals surface area contributed by atoms with Gasteiger partial charge in [-0.2, -0.15) is 4.98 Å². The van der Waals surface area contributed by atoms with E-state index in [1.54, 1.807) is 24.4 Å². The molecule has 0 aliphatic heterocycles. The van der Waals surface area contributed by atoms with Crippen molar-refractivity contribution in [1.29, 1.82) is 0 Å². The summed E-state index contributed by atoms with van der Waals surface area (Å²) in [6.45, 7) is 0.892. The van der Waals surface area contributed by atoms with E-state index in [1.807, 2.05) is 14.1 Å². The van der Waals surface area contributed by atoms with Crippen molar-refractivity contribution >= 4 is 40.7 Å². The first-order valence-electron chi connectivity index (χ1n) is 6.44. The van der Waals surface area contributed by atoms with Gasteiger partial charge in [-0.1, -0.05) is 23.2 Å². The van der Waals surface area contributed by atoms with E-state index in [4.69, 9.17) is 28.9 Å². The molecule has 0 radical (unpaired) electrons. The molecule has 2 aromatic rings. The third-order valence-corrected chi connectivity index (χ3v) is 3.45. The second-order valence-corrected chi connectivity index (χ2v) is 5.75. The summed E-state index contributed by atoms with van der Waals surface area (Å²) in [6.07, 6.45) is 2.54. The summed E-state index contributed by atoms with van der Waals surface area (Å²) >= 11 is 12.0. The maximum absolute atomic E-state index is 6.10. The fourth-order valence-corrected chi connectivity index (χ4v) is 2.18. The molecule has 1 aromatic heterocycles. The topological polar surface area (TPSA) is 67.1 Å². The number of nitrogens with one attached hydrogen (secondary N) is 1. The Kier molecular flexibility index (Phi) is 5.22. The molecule has 5 nitrogen and oxygen atoms in total. The molecule has 0 atom stereocenters. The van der Waals surface area contributed by atoms with Gasteiger partial charge in [0.15, 0.2) is 0 Å². The molecule has 1 aromatic carbocycles. The minimum absolute atomic E-state index is 0.408. The van der Waals surface area contributed by atoms with Gasteiger partial charge in [0.25, 0.3) is 0 Å². The number of anilines is 3. The maximum Gasteiger partial charge on any atom is 0.229 e. The van der Waals surface area contributed by atoms with E-state index >= 15 is 0 Å². The minimum Gasteiger partial charge on any atom is -0.383 e. The number of likely N-dealkylation sites (N-methyl/N-ethyl adjacent to an activating group) is 1. The predicted molar refractivity (Wildman–Crippen MR) is 88.4 cm³/mol. The number of hydrogen-bond donors (Lipinski definition) is 2. The van der Waals surface area contributed by atoms with E-state index < -0.39 is 0 Å². The van der Waals surface area contributed by atoms with Gasteiger partial charge in [-0.15, -0.1) is 0 Å². The second-order valence-electron chi connectivity index (χ2n) is 4.91. The lowest BCUT2D eigenvalue weighted by atomic mass is 10.2. The maximum atomic E-state index is 6.10. The zero-order chi connectivity index (χ0) is 15.4. The Bertz CT molecular complexity index is 631. The minimum atomic E-state index is 0.408. The van der Waals surface area contributed by atoms with Crippen LogP contribution in [0.4, 0.5) is 17.5 Å². The van der Waals surface area contributed by atoms with Crippen molar-refractivity contribution in [1.82, 2.24) is 14.9 Å². The van der Waals surface area contributed by atoms with Crippen molar-refractivity contribution < 1.29 is 0 Å². The number of halogens is 2. The average molecular weight is 326 g/mol. The van der Waals surface area contributed by atoms with Crippen LogP contribution in [-0.4, -0.2) is 35.5 Å². The SMILES string of the molecule is CN(C)CCc1cnc(Nc2ccc(Cl)cc2Cl)nc1N. The van der Waals surface area contributed by atoms with E-state index in [0.717, 1.165) is 18.5 Å². The van der Waals surface area contributed by atoms with Crippen molar-refractivity contribution in [2.45, 2.75) is 6.42 Å². The summed E-state index contributed by atoms with van der Waals surface area (Å²) in [7, 11) is 4.02. The molecule has 21 heavy (non-hydrogen) atoms. The van der Waals surface area contributed by atoms with Crippen molar-refractivity contribution in [2.75, 3.05) is 31.7 Å². The molecule has 0 spiro atoms. The first-order chi connectivity index (χ1) is 9.95. The molecule has 1 heterocycles. The van der Waals surface area contributed by atoms with Crippen LogP contribution in [0.25, 0.3) is 0 Å². The third kappa shape index (κ3) is 4.46. The van der Waals surface area contributed by atoms with Crippen molar-refractivity contribution in [3.63, 3.8) is 0 Å². The van der Waals surface area contributed by atoms with Gasteiger partial charge in [-0.3, -0.25) is 0 Å². The lowest BCUT2D eigenvalue weighted by Crippen LogP contribution is -2.16. The highest BCUT2D eigenvalue weighted by Gasteiger charge is 2.07. The molecular formula is C14H17Cl2N5. The van der Waals surface area contributed by atoms with E-state index in [0.29, 0.717) is 27.5 Å². The molecule has 0 saturated carbocycles. The second kappa shape index (κ2) is 6.93. The number of rotatable bonds is 5. The van der Waals surface area contributed by atoms with Gasteiger partial charge in [0.05, 0.1) is 10.7 Å². The third-order valence-electron chi connectivity index (χ3n) is 2.90. The van der Waals surface area contributed by atoms with Crippen LogP contribution >= 0.6 is 23.2 Å². The Morgan fingerprint density at radius 3 is 2.67 bits per heavy atom. The summed E-state index contributed by atoms with van der Waals surface area (Å²) in [5, 5.41) is 4.10. The molecule has 0 aliphatic rings. The molecule has 0 fully saturated rings. The Hall–Kier alpha value is -1.56. The molecule has 112 valence electrons. The van der Waals surface area contributed by atoms with Gasteiger partial charge < -0.3 is 16.0 Å². The van der Waals surface area contributed by atoms with Crippen molar-refractivity contribution in [2.24, 2.45) is 0 Å². The summed E-state index contributed by atoms with van der Waals surface area (Å²) in [4.78, 5) is 10.6. The van der Waals surface area contributed by atoms with Crippen LogP contribution in [0.15, 0.2) is 24.4 Å². The lowest BCUT2D eigenvalue weighted by Gasteiger charge is -2.12. The first-order valence-corrected chi connectivity index (χ1v) is 7.19. The summed E-state index contributed by atoms with van der Waals surface area (Å²) in [6, 6.07) is 5.16. The van der Waals surface area contributed by atoms with Crippen LogP contribution < -0.4 is 11.1 Å². The first kappa shape index (κ1) is 15.8. The van der Waals surface area contributed by atoms with Gasteiger partial charge >= 0.3 is 0 Å². The van der Waals surface area contributed by atoms with E-state index in [9.17, 15) is 0 Å². The fraction of sp³-hybridized carbons (Fsp3) is 0.286. The Balaban J connectivity index is 2.12. The Labute approximate surface area is 134 Å². The highest BCUT2D eigenvalue weighted by molar-refractivity contribution is 6.36. The van der Waals surface area contributed by atoms with Gasteiger partial charge in [0.2, 0.25) is 5.95 Å². The molecule has 0 saturated heterocycles. The highest BCUT2D eigenvalue weighted by Crippen LogP contribution is 2.27. The van der Waals surface area contributed by atoms with Crippen LogP contribution in [0.5, 0.6) is 0 Å². The average Bonchev–Trinajstić information content (AvgIpc) is 2.41. The van der Waals surface area contributed by atoms with Gasteiger partial charge in [-0.25, -0.2) is 4.98 Å². The molecule has 3 N–H and O–H groups in total. The quantitative estimate of drug-likeness (QED) is 0.883. The van der Waals surface area contributed by atoms with E-state index in [2.05, 4.69) is 20.2 Å². The lowest BCUT2D eigenvalue weighted by molar-refractivity contribution is 0.413. The van der Waals surface area contributed by atoms with Crippen molar-refractivity contribution in [3.8, 4) is 0 Å². The standard InChI is InChI=1S/C14H17Cl2N5/c1-21(2)6-5-9-8-18-14(20-13(9)17)19-12-4-3-10(15)7-11(12)16/h3-4,7-8H,5-6H2,1-2H3,(H3,17,18,19,20). The number of nitrogens with zero attached hydrogens (tertiary/aromatic N) is 3. The monoisotopic (exact) mass is 325 g/mol. The van der Waals surface area contributed by atoms with Gasteiger partial charge in [-0.05, 0) is 38.7 Å². The van der Waals surface area contributed by atoms with Crippen LogP contribution in [0.3, 0.4) is 0 Å². The normalized spacial score (nSPS) is 10.9. The number of aromatic nitrogens is 2. The number of hydrogen-bond acceptors (Lipinski definition) is 5. The zero-order valence-corrected chi connectivity index (χ0v) is 13.4. The van der Waals surface area contributed by atoms with Crippen molar-refractivity contribution in [3.05, 3.63) is 40.0 Å². The molecule has 7 heteroatoms. The van der Waals surface area contributed by atoms with Crippen LogP contribution in [0.2, 0.25) is 10.0 Å². The molecule has 0 aliphatic carbocycles. The molecule has 0 unspecified atom stereocenters. The molecule has 0 bridgehead atoms. The largest absolute Gasteiger partial charge is 0.383 e. The van der Waals surface area contributed by atoms with Gasteiger partial charge in [0, 0.05) is 23.3 Å². The van der Waals surface area contributed by atoms with Gasteiger partial charge in [0.1, 0.15) is 5.82 Å². The Morgan fingerprint density at radius 2 is 2.05 bits per heavy atom. The molecular weight excluding hydrogens is 309 g/mol. The van der Waals surface area contributed by atoms with E-state index in [1.165, 1.54) is 0 Å². The zero-order valence-electron chi connectivity index (χ0n) is 11.9. The number of benzene rings is 1. The molecule has 2 rings (SSSR count). The van der Waals surface area contributed by atoms with E-state index in [-0.39, 0.29) is 0 Å². The fourth-order valence-electron chi connectivity index (χ4n) is 1.73. The highest BCUT2D eigenvalue weighted by atomic mass is 35.5. The number of nitrogens with two attached hydrogens (primary N) is 1. The Morgan fingerprint density at radius 1 is 1.29 bits per heavy atom. The summed E-state index contributed by atoms with van der Waals surface area (Å²) in [5.41, 5.74) is 7.57. The summed E-state index contributed by atoms with van der Waals surface area (Å²) < 4.78 is 0. The summed E-state index contributed by atoms with van der Waals surface area (Å²) in [5.74, 6) is 0.879. The van der Waals surface area contributed by atoms with Crippen LogP contribution in [0, 0.1) is 0 Å². The predicted octanol–water partition coefficient (Wildman–Crippen LogP) is 3.21. The van der Waals surface area contributed by atoms with Crippen LogP contribution in [0.1, 0.15) is 5.56 Å².